The number of nitrogens with one attached hydrogen (secondary N) is 1. The fourth-order valence-electron chi connectivity index (χ4n) is 4.21. The quantitative estimate of drug-likeness (QED) is 0.442. The van der Waals surface area contributed by atoms with Crippen LogP contribution >= 0.6 is 0 Å². The van der Waals surface area contributed by atoms with E-state index in [1.807, 2.05) is 0 Å². The topological polar surface area (TPSA) is 66.5 Å². The zero-order chi connectivity index (χ0) is 27.1. The Kier molecular flexibility index (Phi) is 7.08. The number of nitrogens with zero attached hydrogens (tertiary/aromatic N) is 1. The molecule has 1 amide bonds. The first kappa shape index (κ1) is 26.7. The fourth-order valence-corrected chi connectivity index (χ4v) is 5.70. The van der Waals surface area contributed by atoms with Crippen LogP contribution in [0.15, 0.2) is 53.4 Å². The van der Waals surface area contributed by atoms with Crippen LogP contribution in [0.2, 0.25) is 0 Å². The van der Waals surface area contributed by atoms with E-state index in [0.717, 1.165) is 22.5 Å². The van der Waals surface area contributed by atoms with Gasteiger partial charge in [-0.2, -0.15) is 17.5 Å². The van der Waals surface area contributed by atoms with Crippen molar-refractivity contribution in [3.8, 4) is 0 Å². The van der Waals surface area contributed by atoms with Crippen LogP contribution in [0.5, 0.6) is 0 Å². The van der Waals surface area contributed by atoms with Crippen LogP contribution in [0.1, 0.15) is 27.8 Å². The first-order valence-electron chi connectivity index (χ1n) is 11.0. The zero-order valence-electron chi connectivity index (χ0n) is 19.3. The molecular weight excluding hydrogens is 522 g/mol. The number of amides is 1. The van der Waals surface area contributed by atoms with Crippen LogP contribution in [0, 0.1) is 24.4 Å². The summed E-state index contributed by atoms with van der Waals surface area (Å²) >= 11 is 0. The average Bonchev–Trinajstić information content (AvgIpc) is 2.81. The van der Waals surface area contributed by atoms with Gasteiger partial charge in [0, 0.05) is 18.8 Å². The first-order chi connectivity index (χ1) is 17.3. The van der Waals surface area contributed by atoms with Crippen LogP contribution in [-0.2, 0) is 40.4 Å². The predicted molar refractivity (Wildman–Crippen MR) is 123 cm³/mol. The maximum absolute atomic E-state index is 14.2. The highest BCUT2D eigenvalue weighted by molar-refractivity contribution is 7.89. The van der Waals surface area contributed by atoms with E-state index in [-0.39, 0.29) is 25.1 Å². The van der Waals surface area contributed by atoms with Gasteiger partial charge in [-0.3, -0.25) is 4.79 Å². The molecule has 1 aliphatic heterocycles. The number of rotatable bonds is 5. The van der Waals surface area contributed by atoms with Gasteiger partial charge < -0.3 is 5.32 Å². The van der Waals surface area contributed by atoms with E-state index >= 15 is 0 Å². The number of hydrogen-bond acceptors (Lipinski definition) is 3. The predicted octanol–water partition coefficient (Wildman–Crippen LogP) is 5.36. The van der Waals surface area contributed by atoms with Gasteiger partial charge in [-0.15, -0.1) is 0 Å². The SMILES string of the molecule is Cc1ccc2c(c1NC(=O)Cc1ccc(C(F)(F)F)c(F)c1)CCN(S(=O)(=O)c1cc(F)ccc1F)C2. The van der Waals surface area contributed by atoms with Crippen molar-refractivity contribution in [3.63, 3.8) is 0 Å². The van der Waals surface area contributed by atoms with E-state index in [2.05, 4.69) is 5.32 Å². The minimum absolute atomic E-state index is 0.0415. The number of alkyl halides is 3. The lowest BCUT2D eigenvalue weighted by atomic mass is 9.95. The lowest BCUT2D eigenvalue weighted by molar-refractivity contribution is -0.140. The van der Waals surface area contributed by atoms with Gasteiger partial charge in [0.1, 0.15) is 22.3 Å². The van der Waals surface area contributed by atoms with Crippen molar-refractivity contribution < 1.29 is 39.6 Å². The second-order valence-electron chi connectivity index (χ2n) is 8.60. The maximum atomic E-state index is 14.2. The molecule has 0 fully saturated rings. The minimum Gasteiger partial charge on any atom is -0.325 e. The molecule has 1 N–H and O–H groups in total. The van der Waals surface area contributed by atoms with Gasteiger partial charge in [0.05, 0.1) is 12.0 Å². The molecule has 37 heavy (non-hydrogen) atoms. The summed E-state index contributed by atoms with van der Waals surface area (Å²) in [5.74, 6) is -4.07. The largest absolute Gasteiger partial charge is 0.419 e. The van der Waals surface area contributed by atoms with Gasteiger partial charge in [-0.1, -0.05) is 18.2 Å². The fraction of sp³-hybridized carbons (Fsp3) is 0.240. The third-order valence-corrected chi connectivity index (χ3v) is 7.92. The molecule has 3 aromatic carbocycles. The molecule has 1 heterocycles. The van der Waals surface area contributed by atoms with Gasteiger partial charge >= 0.3 is 6.18 Å². The molecule has 12 heteroatoms. The monoisotopic (exact) mass is 542 g/mol. The van der Waals surface area contributed by atoms with Crippen molar-refractivity contribution in [2.45, 2.75) is 37.4 Å². The molecule has 196 valence electrons. The summed E-state index contributed by atoms with van der Waals surface area (Å²) in [6.07, 6.45) is -5.10. The van der Waals surface area contributed by atoms with Crippen molar-refractivity contribution in [3.05, 3.63) is 93.8 Å². The summed E-state index contributed by atoms with van der Waals surface area (Å²) in [5, 5.41) is 2.69. The number of sulfonamides is 1. The molecule has 3 aromatic rings. The number of anilines is 1. The van der Waals surface area contributed by atoms with Crippen LogP contribution in [0.3, 0.4) is 0 Å². The third-order valence-electron chi connectivity index (χ3n) is 6.06. The van der Waals surface area contributed by atoms with Gasteiger partial charge in [-0.25, -0.2) is 21.6 Å². The Morgan fingerprint density at radius 2 is 1.73 bits per heavy atom. The zero-order valence-corrected chi connectivity index (χ0v) is 20.1. The van der Waals surface area contributed by atoms with E-state index in [9.17, 15) is 39.6 Å². The highest BCUT2D eigenvalue weighted by Crippen LogP contribution is 2.34. The minimum atomic E-state index is -4.85. The molecule has 0 atom stereocenters. The molecule has 0 bridgehead atoms. The van der Waals surface area contributed by atoms with Crippen molar-refractivity contribution >= 4 is 21.6 Å². The lowest BCUT2D eigenvalue weighted by Crippen LogP contribution is -2.37. The smallest absolute Gasteiger partial charge is 0.325 e. The van der Waals surface area contributed by atoms with Crippen molar-refractivity contribution in [2.24, 2.45) is 0 Å². The Labute approximate surface area is 208 Å². The molecule has 0 spiro atoms. The Balaban J connectivity index is 1.54. The molecule has 0 aliphatic carbocycles. The summed E-state index contributed by atoms with van der Waals surface area (Å²) in [4.78, 5) is 11.9. The molecule has 0 aromatic heterocycles. The normalized spacial score (nSPS) is 14.4. The standard InChI is InChI=1S/C25H20F6N2O3S/c1-14-2-4-16-13-33(37(35,36)22-12-17(26)5-7-20(22)27)9-8-18(16)24(14)32-23(34)11-15-3-6-19(21(28)10-15)25(29,30)31/h2-7,10,12H,8-9,11,13H2,1H3,(H,32,34). The molecule has 5 nitrogen and oxygen atoms in total. The highest BCUT2D eigenvalue weighted by atomic mass is 32.2. The molecule has 0 radical (unpaired) electrons. The summed E-state index contributed by atoms with van der Waals surface area (Å²) in [6, 6.07) is 7.72. The summed E-state index contributed by atoms with van der Waals surface area (Å²) in [5.41, 5.74) is 0.843. The molecule has 1 aliphatic rings. The Morgan fingerprint density at radius 3 is 2.41 bits per heavy atom. The van der Waals surface area contributed by atoms with Crippen LogP contribution in [-0.4, -0.2) is 25.2 Å². The van der Waals surface area contributed by atoms with Gasteiger partial charge in [-0.05, 0) is 65.9 Å². The van der Waals surface area contributed by atoms with E-state index in [1.165, 1.54) is 0 Å². The van der Waals surface area contributed by atoms with Gasteiger partial charge in [0.25, 0.3) is 0 Å². The first-order valence-corrected chi connectivity index (χ1v) is 12.4. The number of fused-ring (bicyclic) bond motifs is 1. The molecule has 4 rings (SSSR count). The average molecular weight is 543 g/mol. The van der Waals surface area contributed by atoms with Crippen molar-refractivity contribution in [1.29, 1.82) is 0 Å². The van der Waals surface area contributed by atoms with Crippen molar-refractivity contribution in [2.75, 3.05) is 11.9 Å². The maximum Gasteiger partial charge on any atom is 0.419 e. The van der Waals surface area contributed by atoms with E-state index < -0.39 is 56.4 Å². The highest BCUT2D eigenvalue weighted by Gasteiger charge is 2.34. The van der Waals surface area contributed by atoms with E-state index in [4.69, 9.17) is 0 Å². The molecule has 0 saturated carbocycles. The Hall–Kier alpha value is -3.38. The van der Waals surface area contributed by atoms with Crippen LogP contribution < -0.4 is 5.32 Å². The second-order valence-corrected chi connectivity index (χ2v) is 10.5. The van der Waals surface area contributed by atoms with Gasteiger partial charge in [0.15, 0.2) is 0 Å². The van der Waals surface area contributed by atoms with E-state index in [1.54, 1.807) is 19.1 Å². The number of carbonyl (C=O) groups is 1. The number of hydrogen-bond donors (Lipinski definition) is 1. The lowest BCUT2D eigenvalue weighted by Gasteiger charge is -2.30. The Morgan fingerprint density at radius 1 is 1.00 bits per heavy atom. The van der Waals surface area contributed by atoms with Crippen LogP contribution in [0.4, 0.5) is 32.0 Å². The van der Waals surface area contributed by atoms with E-state index in [0.29, 0.717) is 40.6 Å². The summed E-state index contributed by atoms with van der Waals surface area (Å²) in [6.45, 7) is 1.49. The van der Waals surface area contributed by atoms with Gasteiger partial charge in [0.2, 0.25) is 15.9 Å². The van der Waals surface area contributed by atoms with Crippen molar-refractivity contribution in [1.82, 2.24) is 4.31 Å². The molecule has 0 saturated heterocycles. The number of carbonyl (C=O) groups excluding carboxylic acids is 1. The number of aryl methyl sites for hydroxylation is 1. The van der Waals surface area contributed by atoms with Crippen LogP contribution in [0.25, 0.3) is 0 Å². The molecular formula is C25H20F6N2O3S. The number of halogens is 6. The number of benzene rings is 3. The Bertz CT molecular complexity index is 1490. The summed E-state index contributed by atoms with van der Waals surface area (Å²) in [7, 11) is -4.35. The molecule has 0 unspecified atom stereocenters. The second kappa shape index (κ2) is 9.82. The third kappa shape index (κ3) is 5.49. The summed E-state index contributed by atoms with van der Waals surface area (Å²) < 4.78 is 107.